The van der Waals surface area contributed by atoms with Gasteiger partial charge in [0, 0.05) is 19.7 Å². The topological polar surface area (TPSA) is 55.0 Å². The van der Waals surface area contributed by atoms with E-state index in [0.717, 1.165) is 18.8 Å². The molecule has 0 fully saturated rings. The van der Waals surface area contributed by atoms with Crippen LogP contribution in [0, 0.1) is 0 Å². The molecule has 0 aliphatic carbocycles. The summed E-state index contributed by atoms with van der Waals surface area (Å²) in [5.74, 6) is 0.977. The Hall–Kier alpha value is -1.03. The number of nitrogens with zero attached hydrogens (tertiary/aromatic N) is 3. The fourth-order valence-electron chi connectivity index (χ4n) is 1.07. The van der Waals surface area contributed by atoms with Crippen LogP contribution in [0.25, 0.3) is 0 Å². The summed E-state index contributed by atoms with van der Waals surface area (Å²) in [7, 11) is 1.95. The minimum absolute atomic E-state index is 0.213. The molecule has 1 rings (SSSR count). The van der Waals surface area contributed by atoms with Crippen LogP contribution in [0.15, 0.2) is 6.07 Å². The second-order valence-electron chi connectivity index (χ2n) is 2.83. The monoisotopic (exact) mass is 200 g/mol. The van der Waals surface area contributed by atoms with Gasteiger partial charge in [0.05, 0.1) is 0 Å². The number of nitrogen functional groups attached to an aromatic ring is 1. The Morgan fingerprint density at radius 1 is 1.54 bits per heavy atom. The Balaban J connectivity index is 2.87. The zero-order valence-electron chi connectivity index (χ0n) is 7.79. The third kappa shape index (κ3) is 2.73. The molecule has 0 unspecified atom stereocenters. The summed E-state index contributed by atoms with van der Waals surface area (Å²) in [5.41, 5.74) is 5.46. The minimum atomic E-state index is 0.213. The Bertz CT molecular complexity index is 269. The smallest absolute Gasteiger partial charge is 0.223 e. The van der Waals surface area contributed by atoms with E-state index in [1.807, 2.05) is 11.9 Å². The van der Waals surface area contributed by atoms with Crippen LogP contribution in [-0.4, -0.2) is 23.6 Å². The van der Waals surface area contributed by atoms with E-state index in [1.54, 1.807) is 6.07 Å². The number of halogens is 1. The van der Waals surface area contributed by atoms with E-state index in [2.05, 4.69) is 16.9 Å². The summed E-state index contributed by atoms with van der Waals surface area (Å²) >= 11 is 5.74. The van der Waals surface area contributed by atoms with Crippen LogP contribution in [0.3, 0.4) is 0 Å². The summed E-state index contributed by atoms with van der Waals surface area (Å²) in [6.45, 7) is 3.02. The first kappa shape index (κ1) is 10.1. The second-order valence-corrected chi connectivity index (χ2v) is 3.22. The van der Waals surface area contributed by atoms with Gasteiger partial charge in [0.2, 0.25) is 5.95 Å². The van der Waals surface area contributed by atoms with Crippen LogP contribution in [0.1, 0.15) is 13.3 Å². The number of hydrogen-bond donors (Lipinski definition) is 1. The van der Waals surface area contributed by atoms with Crippen molar-refractivity contribution in [3.05, 3.63) is 11.2 Å². The van der Waals surface area contributed by atoms with Gasteiger partial charge in [-0.15, -0.1) is 0 Å². The molecule has 0 spiro atoms. The lowest BCUT2D eigenvalue weighted by Gasteiger charge is -2.16. The van der Waals surface area contributed by atoms with Gasteiger partial charge in [-0.05, 0) is 6.42 Å². The van der Waals surface area contributed by atoms with Crippen LogP contribution in [-0.2, 0) is 0 Å². The summed E-state index contributed by atoms with van der Waals surface area (Å²) < 4.78 is 0. The van der Waals surface area contributed by atoms with Gasteiger partial charge in [-0.25, -0.2) is 4.98 Å². The standard InChI is InChI=1S/C8H13ClN4/c1-3-4-13(2)7-5-6(9)11-8(10)12-7/h5H,3-4H2,1-2H3,(H2,10,11,12). The van der Waals surface area contributed by atoms with E-state index >= 15 is 0 Å². The van der Waals surface area contributed by atoms with Gasteiger partial charge in [-0.2, -0.15) is 4.98 Å². The maximum absolute atomic E-state index is 5.74. The molecule has 1 aromatic rings. The molecule has 0 amide bonds. The maximum Gasteiger partial charge on any atom is 0.223 e. The molecule has 1 aromatic heterocycles. The normalized spacial score (nSPS) is 10.1. The summed E-state index contributed by atoms with van der Waals surface area (Å²) in [5, 5.41) is 0.380. The van der Waals surface area contributed by atoms with Crippen molar-refractivity contribution < 1.29 is 0 Å². The summed E-state index contributed by atoms with van der Waals surface area (Å²) in [6.07, 6.45) is 1.05. The predicted octanol–water partition coefficient (Wildman–Crippen LogP) is 1.56. The highest BCUT2D eigenvalue weighted by atomic mass is 35.5. The van der Waals surface area contributed by atoms with E-state index in [-0.39, 0.29) is 5.95 Å². The molecule has 0 aliphatic rings. The fraction of sp³-hybridized carbons (Fsp3) is 0.500. The fourth-order valence-corrected chi connectivity index (χ4v) is 1.25. The molecule has 0 atom stereocenters. The highest BCUT2D eigenvalue weighted by molar-refractivity contribution is 6.29. The molecule has 5 heteroatoms. The first-order valence-electron chi connectivity index (χ1n) is 4.14. The van der Waals surface area contributed by atoms with E-state index in [9.17, 15) is 0 Å². The van der Waals surface area contributed by atoms with Crippen molar-refractivity contribution in [2.45, 2.75) is 13.3 Å². The molecule has 1 heterocycles. The van der Waals surface area contributed by atoms with E-state index in [1.165, 1.54) is 0 Å². The van der Waals surface area contributed by atoms with Crippen LogP contribution >= 0.6 is 11.6 Å². The Morgan fingerprint density at radius 2 is 2.23 bits per heavy atom. The van der Waals surface area contributed by atoms with Gasteiger partial charge in [0.1, 0.15) is 11.0 Å². The maximum atomic E-state index is 5.74. The van der Waals surface area contributed by atoms with E-state index < -0.39 is 0 Å². The van der Waals surface area contributed by atoms with Crippen LogP contribution < -0.4 is 10.6 Å². The van der Waals surface area contributed by atoms with Crippen molar-refractivity contribution in [2.24, 2.45) is 0 Å². The lowest BCUT2D eigenvalue weighted by atomic mass is 10.4. The Kier molecular flexibility index (Phi) is 3.31. The zero-order valence-corrected chi connectivity index (χ0v) is 8.54. The molecule has 0 aliphatic heterocycles. The SMILES string of the molecule is CCCN(C)c1cc(Cl)nc(N)n1. The summed E-state index contributed by atoms with van der Waals surface area (Å²) in [6, 6.07) is 1.70. The Morgan fingerprint density at radius 3 is 2.77 bits per heavy atom. The number of anilines is 2. The van der Waals surface area contributed by atoms with Crippen molar-refractivity contribution >= 4 is 23.4 Å². The van der Waals surface area contributed by atoms with Crippen LogP contribution in [0.5, 0.6) is 0 Å². The first-order chi connectivity index (χ1) is 6.13. The first-order valence-corrected chi connectivity index (χ1v) is 4.52. The highest BCUT2D eigenvalue weighted by Crippen LogP contribution is 2.15. The molecular formula is C8H13ClN4. The average molecular weight is 201 g/mol. The summed E-state index contributed by atoms with van der Waals surface area (Å²) in [4.78, 5) is 9.83. The average Bonchev–Trinajstić information content (AvgIpc) is 2.03. The number of hydrogen-bond acceptors (Lipinski definition) is 4. The number of nitrogens with two attached hydrogens (primary N) is 1. The third-order valence-electron chi connectivity index (χ3n) is 1.65. The molecule has 0 radical (unpaired) electrons. The molecule has 0 bridgehead atoms. The van der Waals surface area contributed by atoms with E-state index in [4.69, 9.17) is 17.3 Å². The van der Waals surface area contributed by atoms with Gasteiger partial charge in [0.25, 0.3) is 0 Å². The molecule has 2 N–H and O–H groups in total. The largest absolute Gasteiger partial charge is 0.368 e. The van der Waals surface area contributed by atoms with Gasteiger partial charge < -0.3 is 10.6 Å². The lowest BCUT2D eigenvalue weighted by Crippen LogP contribution is -2.19. The molecule has 4 nitrogen and oxygen atoms in total. The van der Waals surface area contributed by atoms with Crippen LogP contribution in [0.2, 0.25) is 5.15 Å². The number of rotatable bonds is 3. The van der Waals surface area contributed by atoms with Crippen molar-refractivity contribution in [3.63, 3.8) is 0 Å². The molecule has 0 saturated carbocycles. The van der Waals surface area contributed by atoms with Crippen molar-refractivity contribution in [1.29, 1.82) is 0 Å². The highest BCUT2D eigenvalue weighted by Gasteiger charge is 2.04. The number of aromatic nitrogens is 2. The van der Waals surface area contributed by atoms with Crippen molar-refractivity contribution in [2.75, 3.05) is 24.2 Å². The lowest BCUT2D eigenvalue weighted by molar-refractivity contribution is 0.836. The van der Waals surface area contributed by atoms with Gasteiger partial charge >= 0.3 is 0 Å². The van der Waals surface area contributed by atoms with Crippen molar-refractivity contribution in [3.8, 4) is 0 Å². The molecule has 0 saturated heterocycles. The van der Waals surface area contributed by atoms with Gasteiger partial charge in [0.15, 0.2) is 0 Å². The second kappa shape index (κ2) is 4.28. The molecular weight excluding hydrogens is 188 g/mol. The van der Waals surface area contributed by atoms with Gasteiger partial charge in [-0.3, -0.25) is 0 Å². The Labute approximate surface area is 82.7 Å². The zero-order chi connectivity index (χ0) is 9.84. The predicted molar refractivity (Wildman–Crippen MR) is 55.0 cm³/mol. The quantitative estimate of drug-likeness (QED) is 0.753. The van der Waals surface area contributed by atoms with Crippen LogP contribution in [0.4, 0.5) is 11.8 Å². The van der Waals surface area contributed by atoms with Gasteiger partial charge in [-0.1, -0.05) is 18.5 Å². The molecule has 72 valence electrons. The third-order valence-corrected chi connectivity index (χ3v) is 1.84. The van der Waals surface area contributed by atoms with E-state index in [0.29, 0.717) is 5.15 Å². The minimum Gasteiger partial charge on any atom is -0.368 e. The van der Waals surface area contributed by atoms with Crippen molar-refractivity contribution in [1.82, 2.24) is 9.97 Å². The molecule has 0 aromatic carbocycles. The molecule has 13 heavy (non-hydrogen) atoms.